The van der Waals surface area contributed by atoms with Crippen LogP contribution >= 0.6 is 0 Å². The largest absolute Gasteiger partial charge is 0.508 e. The lowest BCUT2D eigenvalue weighted by molar-refractivity contribution is 0.114. The summed E-state index contributed by atoms with van der Waals surface area (Å²) in [6.45, 7) is 0.930. The summed E-state index contributed by atoms with van der Waals surface area (Å²) in [6.07, 6.45) is -0.794. The van der Waals surface area contributed by atoms with Gasteiger partial charge < -0.3 is 14.0 Å². The first-order valence-electron chi connectivity index (χ1n) is 6.62. The molecule has 1 fully saturated rings. The second-order valence-corrected chi connectivity index (χ2v) is 4.95. The molecule has 4 heteroatoms. The fourth-order valence-electron chi connectivity index (χ4n) is 2.86. The van der Waals surface area contributed by atoms with E-state index in [1.807, 2.05) is 24.3 Å². The average Bonchev–Trinajstić information content (AvgIpc) is 3.03. The van der Waals surface area contributed by atoms with Crippen LogP contribution in [0.25, 0.3) is 21.8 Å². The highest BCUT2D eigenvalue weighted by molar-refractivity contribution is 6.07. The molecule has 0 spiro atoms. The van der Waals surface area contributed by atoms with Gasteiger partial charge in [-0.25, -0.2) is 4.79 Å². The van der Waals surface area contributed by atoms with E-state index in [4.69, 9.17) is 9.47 Å². The number of hydrogen-bond donors (Lipinski definition) is 0. The van der Waals surface area contributed by atoms with Crippen molar-refractivity contribution in [1.29, 1.82) is 0 Å². The maximum atomic E-state index is 11.1. The Hall–Kier alpha value is -2.49. The van der Waals surface area contributed by atoms with Crippen LogP contribution in [0.5, 0.6) is 0 Å². The van der Waals surface area contributed by atoms with Gasteiger partial charge in [-0.05, 0) is 12.1 Å². The quantitative estimate of drug-likeness (QED) is 0.669. The number of carbonyl (C=O) groups is 1. The Morgan fingerprint density at radius 2 is 1.60 bits per heavy atom. The van der Waals surface area contributed by atoms with Crippen molar-refractivity contribution >= 4 is 28.0 Å². The minimum atomic E-state index is -0.573. The van der Waals surface area contributed by atoms with Crippen LogP contribution in [-0.4, -0.2) is 23.4 Å². The fraction of sp³-hybridized carbons (Fsp3) is 0.188. The number of ether oxygens (including phenoxy) is 2. The van der Waals surface area contributed by atoms with Gasteiger partial charge in [0.25, 0.3) is 0 Å². The molecule has 0 saturated carbocycles. The van der Waals surface area contributed by atoms with Crippen LogP contribution in [0.3, 0.4) is 0 Å². The summed E-state index contributed by atoms with van der Waals surface area (Å²) in [5, 5.41) is 2.43. The molecule has 4 nitrogen and oxygen atoms in total. The number of hydrogen-bond acceptors (Lipinski definition) is 3. The highest BCUT2D eigenvalue weighted by Gasteiger charge is 2.26. The lowest BCUT2D eigenvalue weighted by atomic mass is 10.2. The lowest BCUT2D eigenvalue weighted by Crippen LogP contribution is -2.18. The number of nitrogens with zero attached hydrogens (tertiary/aromatic N) is 1. The third-order valence-corrected chi connectivity index (χ3v) is 3.72. The zero-order valence-electron chi connectivity index (χ0n) is 10.8. The molecular weight excluding hydrogens is 254 g/mol. The van der Waals surface area contributed by atoms with Crippen molar-refractivity contribution in [3.63, 3.8) is 0 Å². The molecule has 2 heterocycles. The molecule has 1 aromatic heterocycles. The Bertz CT molecular complexity index is 752. The van der Waals surface area contributed by atoms with E-state index in [1.54, 1.807) is 0 Å². The van der Waals surface area contributed by atoms with Gasteiger partial charge >= 0.3 is 6.16 Å². The summed E-state index contributed by atoms with van der Waals surface area (Å²) in [4.78, 5) is 11.1. The average molecular weight is 267 g/mol. The normalized spacial score (nSPS) is 18.4. The van der Waals surface area contributed by atoms with Gasteiger partial charge in [0.05, 0.1) is 6.54 Å². The summed E-state index contributed by atoms with van der Waals surface area (Å²) in [6, 6.07) is 16.5. The van der Waals surface area contributed by atoms with Gasteiger partial charge in [-0.15, -0.1) is 0 Å². The molecule has 1 saturated heterocycles. The first-order valence-corrected chi connectivity index (χ1v) is 6.62. The second-order valence-electron chi connectivity index (χ2n) is 4.95. The van der Waals surface area contributed by atoms with Crippen molar-refractivity contribution in [2.24, 2.45) is 0 Å². The summed E-state index contributed by atoms with van der Waals surface area (Å²) in [5.41, 5.74) is 2.30. The van der Waals surface area contributed by atoms with Gasteiger partial charge in [0.2, 0.25) is 0 Å². The standard InChI is InChI=1S/C16H13NO3/c18-16-19-10-11(20-16)9-17-14-7-3-1-5-12(14)13-6-2-4-8-15(13)17/h1-8,11H,9-10H2/t11-/m0/s1. The first-order chi connectivity index (χ1) is 9.83. The molecule has 0 radical (unpaired) electrons. The summed E-state index contributed by atoms with van der Waals surface area (Å²) in [7, 11) is 0. The SMILES string of the molecule is O=C1OC[C@H](Cn2c3ccccc3c3ccccc32)O1. The number of rotatable bonds is 2. The van der Waals surface area contributed by atoms with E-state index in [1.165, 1.54) is 10.8 Å². The molecule has 2 aromatic carbocycles. The molecule has 1 aliphatic rings. The van der Waals surface area contributed by atoms with Crippen molar-refractivity contribution < 1.29 is 14.3 Å². The molecule has 100 valence electrons. The lowest BCUT2D eigenvalue weighted by Gasteiger charge is -2.10. The molecular formula is C16H13NO3. The minimum Gasteiger partial charge on any atom is -0.430 e. The summed E-state index contributed by atoms with van der Waals surface area (Å²) >= 11 is 0. The van der Waals surface area contributed by atoms with E-state index >= 15 is 0 Å². The molecule has 1 aliphatic heterocycles. The van der Waals surface area contributed by atoms with Crippen LogP contribution in [0.4, 0.5) is 4.79 Å². The Balaban J connectivity index is 1.89. The van der Waals surface area contributed by atoms with Gasteiger partial charge in [0.1, 0.15) is 6.61 Å². The number of para-hydroxylation sites is 2. The van der Waals surface area contributed by atoms with Crippen molar-refractivity contribution in [3.8, 4) is 0 Å². The smallest absolute Gasteiger partial charge is 0.430 e. The van der Waals surface area contributed by atoms with Crippen molar-refractivity contribution in [2.75, 3.05) is 6.61 Å². The Kier molecular flexibility index (Phi) is 2.42. The highest BCUT2D eigenvalue weighted by atomic mass is 16.8. The monoisotopic (exact) mass is 267 g/mol. The van der Waals surface area contributed by atoms with E-state index in [2.05, 4.69) is 28.8 Å². The molecule has 3 aromatic rings. The van der Waals surface area contributed by atoms with E-state index in [-0.39, 0.29) is 6.10 Å². The van der Waals surface area contributed by atoms with E-state index < -0.39 is 6.16 Å². The van der Waals surface area contributed by atoms with Crippen molar-refractivity contribution in [2.45, 2.75) is 12.6 Å². The topological polar surface area (TPSA) is 40.5 Å². The summed E-state index contributed by atoms with van der Waals surface area (Å²) in [5.74, 6) is 0. The predicted octanol–water partition coefficient (Wildman–Crippen LogP) is 3.33. The maximum absolute atomic E-state index is 11.1. The molecule has 0 amide bonds. The molecule has 0 unspecified atom stereocenters. The number of fused-ring (bicyclic) bond motifs is 3. The van der Waals surface area contributed by atoms with Crippen LogP contribution in [0.15, 0.2) is 48.5 Å². The second kappa shape index (κ2) is 4.27. The predicted molar refractivity (Wildman–Crippen MR) is 75.7 cm³/mol. The van der Waals surface area contributed by atoms with Crippen molar-refractivity contribution in [1.82, 2.24) is 4.57 Å². The molecule has 0 bridgehead atoms. The van der Waals surface area contributed by atoms with Gasteiger partial charge in [0, 0.05) is 21.8 Å². The molecule has 4 rings (SSSR count). The van der Waals surface area contributed by atoms with Crippen molar-refractivity contribution in [3.05, 3.63) is 48.5 Å². The van der Waals surface area contributed by atoms with Gasteiger partial charge in [0.15, 0.2) is 6.10 Å². The number of carbonyl (C=O) groups excluding carboxylic acids is 1. The van der Waals surface area contributed by atoms with Crippen LogP contribution in [-0.2, 0) is 16.0 Å². The van der Waals surface area contributed by atoms with E-state index in [0.717, 1.165) is 11.0 Å². The molecule has 20 heavy (non-hydrogen) atoms. The zero-order valence-corrected chi connectivity index (χ0v) is 10.8. The number of aromatic nitrogens is 1. The highest BCUT2D eigenvalue weighted by Crippen LogP contribution is 2.29. The Morgan fingerprint density at radius 3 is 2.15 bits per heavy atom. The Morgan fingerprint density at radius 1 is 1.00 bits per heavy atom. The van der Waals surface area contributed by atoms with Gasteiger partial charge in [-0.1, -0.05) is 36.4 Å². The molecule has 0 N–H and O–H groups in total. The fourth-order valence-corrected chi connectivity index (χ4v) is 2.86. The maximum Gasteiger partial charge on any atom is 0.508 e. The summed E-state index contributed by atoms with van der Waals surface area (Å²) < 4.78 is 12.2. The van der Waals surface area contributed by atoms with Gasteiger partial charge in [-0.3, -0.25) is 0 Å². The third kappa shape index (κ3) is 1.65. The van der Waals surface area contributed by atoms with Crippen LogP contribution in [0, 0.1) is 0 Å². The van der Waals surface area contributed by atoms with Crippen LogP contribution in [0.1, 0.15) is 0 Å². The van der Waals surface area contributed by atoms with Crippen LogP contribution in [0.2, 0.25) is 0 Å². The number of benzene rings is 2. The van der Waals surface area contributed by atoms with E-state index in [0.29, 0.717) is 13.2 Å². The Labute approximate surface area is 115 Å². The number of cyclic esters (lactones) is 2. The van der Waals surface area contributed by atoms with E-state index in [9.17, 15) is 4.79 Å². The minimum absolute atomic E-state index is 0.221. The third-order valence-electron chi connectivity index (χ3n) is 3.72. The molecule has 0 aliphatic carbocycles. The van der Waals surface area contributed by atoms with Gasteiger partial charge in [-0.2, -0.15) is 0 Å². The zero-order chi connectivity index (χ0) is 13.5. The van der Waals surface area contributed by atoms with Crippen LogP contribution < -0.4 is 0 Å². The first kappa shape index (κ1) is 11.3. The molecule has 1 atom stereocenters.